The van der Waals surface area contributed by atoms with E-state index in [2.05, 4.69) is 41.7 Å². The largest absolute Gasteiger partial charge is 0.351 e. The van der Waals surface area contributed by atoms with Gasteiger partial charge in [0.05, 0.1) is 0 Å². The summed E-state index contributed by atoms with van der Waals surface area (Å²) in [6, 6.07) is 15.0. The lowest BCUT2D eigenvalue weighted by atomic mass is 9.83. The zero-order valence-corrected chi connectivity index (χ0v) is 15.3. The molecule has 3 N–H and O–H groups in total. The first-order valence-corrected chi connectivity index (χ1v) is 9.94. The molecule has 0 fully saturated rings. The van der Waals surface area contributed by atoms with Crippen LogP contribution in [0.15, 0.2) is 42.5 Å². The van der Waals surface area contributed by atoms with Crippen LogP contribution < -0.4 is 11.1 Å². The third-order valence-corrected chi connectivity index (χ3v) is 5.97. The quantitative estimate of drug-likeness (QED) is 0.830. The van der Waals surface area contributed by atoms with Crippen LogP contribution >= 0.6 is 0 Å². The van der Waals surface area contributed by atoms with Gasteiger partial charge in [-0.3, -0.25) is 4.79 Å². The minimum Gasteiger partial charge on any atom is -0.351 e. The van der Waals surface area contributed by atoms with Gasteiger partial charge in [-0.15, -0.1) is 0 Å². The van der Waals surface area contributed by atoms with Crippen LogP contribution in [0.4, 0.5) is 0 Å². The van der Waals surface area contributed by atoms with E-state index in [4.69, 9.17) is 5.73 Å². The fraction of sp³-hybridized carbons (Fsp3) is 0.435. The highest BCUT2D eigenvalue weighted by Gasteiger charge is 2.21. The first-order valence-electron chi connectivity index (χ1n) is 9.94. The molecule has 3 heteroatoms. The summed E-state index contributed by atoms with van der Waals surface area (Å²) in [5.41, 5.74) is 12.4. The average molecular weight is 348 g/mol. The Balaban J connectivity index is 1.45. The van der Waals surface area contributed by atoms with Gasteiger partial charge in [-0.25, -0.2) is 0 Å². The molecule has 0 saturated heterocycles. The molecule has 1 amide bonds. The second-order valence-corrected chi connectivity index (χ2v) is 7.84. The molecule has 0 aromatic heterocycles. The van der Waals surface area contributed by atoms with E-state index in [1.807, 2.05) is 6.07 Å². The standard InChI is InChI=1S/C23H28N2O/c24-21-9-4-6-16-11-12-18(13-20(16)14-21)23(26)25-15-19-8-3-7-17-5-1-2-10-22(17)19/h1-2,5,10-13,19,21H,3-4,6-9,14-15,24H2,(H,25,26). The van der Waals surface area contributed by atoms with E-state index in [9.17, 15) is 4.79 Å². The highest BCUT2D eigenvalue weighted by molar-refractivity contribution is 5.94. The molecule has 2 atom stereocenters. The number of aryl methyl sites for hydroxylation is 2. The number of nitrogens with two attached hydrogens (primary N) is 1. The van der Waals surface area contributed by atoms with Crippen molar-refractivity contribution >= 4 is 5.91 Å². The molecule has 0 aliphatic heterocycles. The van der Waals surface area contributed by atoms with Crippen molar-refractivity contribution in [2.75, 3.05) is 6.54 Å². The lowest BCUT2D eigenvalue weighted by Crippen LogP contribution is -2.30. The predicted molar refractivity (Wildman–Crippen MR) is 106 cm³/mol. The van der Waals surface area contributed by atoms with Crippen molar-refractivity contribution in [1.29, 1.82) is 0 Å². The van der Waals surface area contributed by atoms with Gasteiger partial charge in [-0.1, -0.05) is 30.3 Å². The lowest BCUT2D eigenvalue weighted by Gasteiger charge is -2.25. The van der Waals surface area contributed by atoms with Crippen molar-refractivity contribution < 1.29 is 4.79 Å². The summed E-state index contributed by atoms with van der Waals surface area (Å²) in [7, 11) is 0. The highest BCUT2D eigenvalue weighted by atomic mass is 16.1. The second-order valence-electron chi connectivity index (χ2n) is 7.84. The van der Waals surface area contributed by atoms with Crippen LogP contribution in [0.5, 0.6) is 0 Å². The second kappa shape index (κ2) is 7.63. The van der Waals surface area contributed by atoms with Crippen LogP contribution in [-0.4, -0.2) is 18.5 Å². The van der Waals surface area contributed by atoms with Gasteiger partial charge in [0.1, 0.15) is 0 Å². The van der Waals surface area contributed by atoms with Crippen molar-refractivity contribution in [2.24, 2.45) is 5.73 Å². The lowest BCUT2D eigenvalue weighted by molar-refractivity contribution is 0.0950. The minimum absolute atomic E-state index is 0.0358. The summed E-state index contributed by atoms with van der Waals surface area (Å²) >= 11 is 0. The Hall–Kier alpha value is -2.13. The molecule has 0 heterocycles. The van der Waals surface area contributed by atoms with E-state index in [0.29, 0.717) is 12.5 Å². The molecule has 136 valence electrons. The Morgan fingerprint density at radius 1 is 1.00 bits per heavy atom. The maximum Gasteiger partial charge on any atom is 0.251 e. The van der Waals surface area contributed by atoms with Gasteiger partial charge in [0, 0.05) is 24.1 Å². The minimum atomic E-state index is 0.0358. The number of hydrogen-bond acceptors (Lipinski definition) is 2. The van der Waals surface area contributed by atoms with Crippen molar-refractivity contribution in [3.63, 3.8) is 0 Å². The monoisotopic (exact) mass is 348 g/mol. The van der Waals surface area contributed by atoms with Crippen molar-refractivity contribution in [2.45, 2.75) is 56.9 Å². The molecular formula is C23H28N2O. The third-order valence-electron chi connectivity index (χ3n) is 5.97. The zero-order chi connectivity index (χ0) is 17.9. The van der Waals surface area contributed by atoms with Gasteiger partial charge in [0.25, 0.3) is 5.91 Å². The molecule has 2 aromatic rings. The van der Waals surface area contributed by atoms with Crippen molar-refractivity contribution in [3.05, 3.63) is 70.3 Å². The van der Waals surface area contributed by atoms with Gasteiger partial charge in [-0.05, 0) is 79.3 Å². The molecule has 2 aliphatic carbocycles. The van der Waals surface area contributed by atoms with Crippen molar-refractivity contribution in [3.8, 4) is 0 Å². The molecule has 2 aliphatic rings. The number of fused-ring (bicyclic) bond motifs is 2. The predicted octanol–water partition coefficient (Wildman–Crippen LogP) is 3.74. The molecule has 0 radical (unpaired) electrons. The third kappa shape index (κ3) is 3.68. The van der Waals surface area contributed by atoms with Gasteiger partial charge >= 0.3 is 0 Å². The smallest absolute Gasteiger partial charge is 0.251 e. The number of hydrogen-bond donors (Lipinski definition) is 2. The molecule has 0 saturated carbocycles. The summed E-state index contributed by atoms with van der Waals surface area (Å²) < 4.78 is 0. The molecule has 0 bridgehead atoms. The average Bonchev–Trinajstić information content (AvgIpc) is 2.85. The summed E-state index contributed by atoms with van der Waals surface area (Å²) in [6.07, 6.45) is 7.67. The van der Waals surface area contributed by atoms with E-state index < -0.39 is 0 Å². The SMILES string of the molecule is NC1CCCc2ccc(C(=O)NCC3CCCc4ccccc43)cc2C1. The van der Waals surface area contributed by atoms with Gasteiger partial charge in [-0.2, -0.15) is 0 Å². The zero-order valence-electron chi connectivity index (χ0n) is 15.3. The fourth-order valence-corrected chi connectivity index (χ4v) is 4.52. The Morgan fingerprint density at radius 2 is 1.81 bits per heavy atom. The van der Waals surface area contributed by atoms with E-state index >= 15 is 0 Å². The van der Waals surface area contributed by atoms with Crippen LogP contribution in [0.2, 0.25) is 0 Å². The number of amides is 1. The van der Waals surface area contributed by atoms with E-state index in [0.717, 1.165) is 44.1 Å². The van der Waals surface area contributed by atoms with Gasteiger partial charge < -0.3 is 11.1 Å². The van der Waals surface area contributed by atoms with Crippen LogP contribution in [-0.2, 0) is 19.3 Å². The molecule has 0 spiro atoms. The fourth-order valence-electron chi connectivity index (χ4n) is 4.52. The van der Waals surface area contributed by atoms with E-state index in [-0.39, 0.29) is 11.9 Å². The summed E-state index contributed by atoms with van der Waals surface area (Å²) in [6.45, 7) is 0.715. The Labute approximate surface area is 156 Å². The highest BCUT2D eigenvalue weighted by Crippen LogP contribution is 2.31. The molecule has 4 rings (SSSR count). The summed E-state index contributed by atoms with van der Waals surface area (Å²) in [4.78, 5) is 12.7. The maximum atomic E-state index is 12.7. The molecule has 26 heavy (non-hydrogen) atoms. The number of carbonyl (C=O) groups excluding carboxylic acids is 1. The van der Waals surface area contributed by atoms with Crippen LogP contribution in [0, 0.1) is 0 Å². The normalized spacial score (nSPS) is 22.0. The number of rotatable bonds is 3. The first kappa shape index (κ1) is 17.3. The van der Waals surface area contributed by atoms with Crippen LogP contribution in [0.25, 0.3) is 0 Å². The topological polar surface area (TPSA) is 55.1 Å². The van der Waals surface area contributed by atoms with Crippen molar-refractivity contribution in [1.82, 2.24) is 5.32 Å². The summed E-state index contributed by atoms with van der Waals surface area (Å²) in [5.74, 6) is 0.465. The summed E-state index contributed by atoms with van der Waals surface area (Å²) in [5, 5.41) is 3.17. The number of benzene rings is 2. The van der Waals surface area contributed by atoms with Crippen LogP contribution in [0.1, 0.15) is 64.2 Å². The Kier molecular flexibility index (Phi) is 5.07. The number of carbonyl (C=O) groups is 1. The Bertz CT molecular complexity index is 799. The molecule has 3 nitrogen and oxygen atoms in total. The Morgan fingerprint density at radius 3 is 2.73 bits per heavy atom. The molecular weight excluding hydrogens is 320 g/mol. The van der Waals surface area contributed by atoms with Crippen LogP contribution in [0.3, 0.4) is 0 Å². The molecule has 2 unspecified atom stereocenters. The maximum absolute atomic E-state index is 12.7. The van der Waals surface area contributed by atoms with E-state index in [1.165, 1.54) is 28.7 Å². The first-order chi connectivity index (χ1) is 12.7. The van der Waals surface area contributed by atoms with Gasteiger partial charge in [0.15, 0.2) is 0 Å². The van der Waals surface area contributed by atoms with Gasteiger partial charge in [0.2, 0.25) is 0 Å². The molecule has 2 aromatic carbocycles. The number of nitrogens with one attached hydrogen (secondary N) is 1. The van der Waals surface area contributed by atoms with E-state index in [1.54, 1.807) is 0 Å².